The highest BCUT2D eigenvalue weighted by Gasteiger charge is 2.24. The topological polar surface area (TPSA) is 37.4 Å². The van der Waals surface area contributed by atoms with Crippen molar-refractivity contribution < 1.29 is 8.42 Å². The van der Waals surface area contributed by atoms with Crippen molar-refractivity contribution in [1.29, 1.82) is 0 Å². The summed E-state index contributed by atoms with van der Waals surface area (Å²) in [6, 6.07) is 0. The summed E-state index contributed by atoms with van der Waals surface area (Å²) in [7, 11) is -2.94. The van der Waals surface area contributed by atoms with E-state index in [2.05, 4.69) is 6.26 Å². The maximum Gasteiger partial charge on any atom is 0.211 e. The smallest absolute Gasteiger partial charge is 0.211 e. The lowest BCUT2D eigenvalue weighted by molar-refractivity contribution is 0.271. The second-order valence-corrected chi connectivity index (χ2v) is 6.85. The van der Waals surface area contributed by atoms with Crippen LogP contribution in [0.15, 0.2) is 0 Å². The summed E-state index contributed by atoms with van der Waals surface area (Å²) >= 11 is 1.87. The molecule has 0 aromatic rings. The minimum Gasteiger partial charge on any atom is -0.213 e. The van der Waals surface area contributed by atoms with Crippen molar-refractivity contribution in [3.63, 3.8) is 0 Å². The third-order valence-corrected chi connectivity index (χ3v) is 4.72. The minimum absolute atomic E-state index is 0.720. The van der Waals surface area contributed by atoms with Gasteiger partial charge in [-0.05, 0) is 37.2 Å². The summed E-state index contributed by atoms with van der Waals surface area (Å²) in [5, 5.41) is 0. The second-order valence-electron chi connectivity index (χ2n) is 3.89. The van der Waals surface area contributed by atoms with Crippen LogP contribution in [0.5, 0.6) is 0 Å². The summed E-state index contributed by atoms with van der Waals surface area (Å²) in [4.78, 5) is 0. The molecule has 0 saturated carbocycles. The van der Waals surface area contributed by atoms with E-state index in [1.54, 1.807) is 4.31 Å². The molecule has 0 aromatic carbocycles. The first kappa shape index (κ1) is 12.3. The van der Waals surface area contributed by atoms with E-state index in [9.17, 15) is 8.42 Å². The van der Waals surface area contributed by atoms with Gasteiger partial charge in [0.1, 0.15) is 0 Å². The first-order chi connectivity index (χ1) is 6.54. The average Bonchev–Trinajstić information content (AvgIpc) is 2.14. The van der Waals surface area contributed by atoms with Crippen molar-refractivity contribution >= 4 is 21.8 Å². The molecule has 1 rings (SSSR count). The average molecular weight is 237 g/mol. The van der Waals surface area contributed by atoms with Crippen LogP contribution < -0.4 is 0 Å². The van der Waals surface area contributed by atoms with Gasteiger partial charge in [0.15, 0.2) is 0 Å². The van der Waals surface area contributed by atoms with Crippen molar-refractivity contribution in [3.05, 3.63) is 0 Å². The van der Waals surface area contributed by atoms with Crippen molar-refractivity contribution in [2.45, 2.75) is 19.3 Å². The summed E-state index contributed by atoms with van der Waals surface area (Å²) in [5.41, 5.74) is 0. The van der Waals surface area contributed by atoms with E-state index in [0.717, 1.165) is 31.8 Å². The van der Waals surface area contributed by atoms with E-state index in [-0.39, 0.29) is 0 Å². The molecule has 0 amide bonds. The number of rotatable bonds is 4. The fourth-order valence-electron chi connectivity index (χ4n) is 1.81. The quantitative estimate of drug-likeness (QED) is 0.742. The molecule has 5 heteroatoms. The summed E-state index contributed by atoms with van der Waals surface area (Å²) < 4.78 is 24.1. The lowest BCUT2D eigenvalue weighted by Gasteiger charge is -2.29. The van der Waals surface area contributed by atoms with Crippen molar-refractivity contribution in [3.8, 4) is 0 Å². The van der Waals surface area contributed by atoms with Crippen LogP contribution in [0.3, 0.4) is 0 Å². The Morgan fingerprint density at radius 3 is 2.36 bits per heavy atom. The normalized spacial score (nSPS) is 21.3. The third kappa shape index (κ3) is 3.79. The highest BCUT2D eigenvalue weighted by molar-refractivity contribution is 7.98. The molecule has 1 heterocycles. The van der Waals surface area contributed by atoms with Gasteiger partial charge in [0.2, 0.25) is 10.0 Å². The van der Waals surface area contributed by atoms with E-state index in [0.29, 0.717) is 0 Å². The lowest BCUT2D eigenvalue weighted by atomic mass is 9.96. The Morgan fingerprint density at radius 1 is 1.36 bits per heavy atom. The molecule has 0 aliphatic carbocycles. The molecule has 1 saturated heterocycles. The van der Waals surface area contributed by atoms with Crippen molar-refractivity contribution in [2.24, 2.45) is 5.92 Å². The lowest BCUT2D eigenvalue weighted by Crippen LogP contribution is -2.37. The predicted octanol–water partition coefficient (Wildman–Crippen LogP) is 1.41. The molecular formula is C9H19NO2S2. The number of hydrogen-bond donors (Lipinski definition) is 0. The van der Waals surface area contributed by atoms with E-state index in [1.807, 2.05) is 11.8 Å². The SMILES string of the molecule is CSCCC1CCN(S(C)(=O)=O)CC1. The minimum atomic E-state index is -2.94. The molecule has 0 N–H and O–H groups in total. The van der Waals surface area contributed by atoms with Gasteiger partial charge in [-0.25, -0.2) is 12.7 Å². The molecule has 84 valence electrons. The highest BCUT2D eigenvalue weighted by atomic mass is 32.2. The Bertz CT molecular complexity index is 256. The van der Waals surface area contributed by atoms with Gasteiger partial charge in [0.05, 0.1) is 6.26 Å². The van der Waals surface area contributed by atoms with Crippen LogP contribution in [0.2, 0.25) is 0 Å². The molecule has 0 spiro atoms. The van der Waals surface area contributed by atoms with E-state index < -0.39 is 10.0 Å². The fourth-order valence-corrected chi connectivity index (χ4v) is 3.26. The monoisotopic (exact) mass is 237 g/mol. The van der Waals surface area contributed by atoms with Crippen molar-refractivity contribution in [2.75, 3.05) is 31.4 Å². The molecular weight excluding hydrogens is 218 g/mol. The zero-order valence-electron chi connectivity index (χ0n) is 8.90. The number of nitrogens with zero attached hydrogens (tertiary/aromatic N) is 1. The predicted molar refractivity (Wildman–Crippen MR) is 62.1 cm³/mol. The largest absolute Gasteiger partial charge is 0.213 e. The second kappa shape index (κ2) is 5.37. The van der Waals surface area contributed by atoms with Crippen LogP contribution in [0.1, 0.15) is 19.3 Å². The van der Waals surface area contributed by atoms with Gasteiger partial charge in [-0.1, -0.05) is 0 Å². The Hall–Kier alpha value is 0.260. The Balaban J connectivity index is 2.31. The summed E-state index contributed by atoms with van der Waals surface area (Å²) in [6.07, 6.45) is 6.72. The number of piperidine rings is 1. The van der Waals surface area contributed by atoms with Crippen LogP contribution in [-0.4, -0.2) is 44.1 Å². The molecule has 0 atom stereocenters. The molecule has 1 fully saturated rings. The van der Waals surface area contributed by atoms with E-state index in [4.69, 9.17) is 0 Å². The van der Waals surface area contributed by atoms with Gasteiger partial charge in [-0.15, -0.1) is 0 Å². The molecule has 1 aliphatic heterocycles. The van der Waals surface area contributed by atoms with Gasteiger partial charge in [-0.2, -0.15) is 11.8 Å². The van der Waals surface area contributed by atoms with Crippen molar-refractivity contribution in [1.82, 2.24) is 4.31 Å². The van der Waals surface area contributed by atoms with Crippen LogP contribution in [0.4, 0.5) is 0 Å². The standard InChI is InChI=1S/C9H19NO2S2/c1-13-8-5-9-3-6-10(7-4-9)14(2,11)12/h9H,3-8H2,1-2H3. The molecule has 1 aliphatic rings. The Morgan fingerprint density at radius 2 is 1.93 bits per heavy atom. The van der Waals surface area contributed by atoms with Crippen LogP contribution in [0, 0.1) is 5.92 Å². The van der Waals surface area contributed by atoms with E-state index >= 15 is 0 Å². The maximum atomic E-state index is 11.2. The maximum absolute atomic E-state index is 11.2. The third-order valence-electron chi connectivity index (χ3n) is 2.77. The van der Waals surface area contributed by atoms with Crippen LogP contribution in [-0.2, 0) is 10.0 Å². The first-order valence-corrected chi connectivity index (χ1v) is 8.22. The molecule has 0 radical (unpaired) electrons. The first-order valence-electron chi connectivity index (χ1n) is 4.98. The van der Waals surface area contributed by atoms with Gasteiger partial charge in [0.25, 0.3) is 0 Å². The molecule has 0 unspecified atom stereocenters. The Kier molecular flexibility index (Phi) is 4.73. The molecule has 0 aromatic heterocycles. The zero-order valence-corrected chi connectivity index (χ0v) is 10.5. The number of thioether (sulfide) groups is 1. The van der Waals surface area contributed by atoms with Crippen LogP contribution >= 0.6 is 11.8 Å². The number of sulfonamides is 1. The molecule has 14 heavy (non-hydrogen) atoms. The summed E-state index contributed by atoms with van der Waals surface area (Å²) in [5.74, 6) is 1.93. The fraction of sp³-hybridized carbons (Fsp3) is 1.00. The number of hydrogen-bond acceptors (Lipinski definition) is 3. The van der Waals surface area contributed by atoms with Gasteiger partial charge in [0, 0.05) is 13.1 Å². The highest BCUT2D eigenvalue weighted by Crippen LogP contribution is 2.22. The van der Waals surface area contributed by atoms with Gasteiger partial charge < -0.3 is 0 Å². The van der Waals surface area contributed by atoms with Crippen LogP contribution in [0.25, 0.3) is 0 Å². The van der Waals surface area contributed by atoms with E-state index in [1.165, 1.54) is 18.4 Å². The molecule has 0 bridgehead atoms. The zero-order chi connectivity index (χ0) is 10.6. The van der Waals surface area contributed by atoms with Gasteiger partial charge in [-0.3, -0.25) is 0 Å². The molecule has 3 nitrogen and oxygen atoms in total. The Labute approximate surface area is 91.3 Å². The van der Waals surface area contributed by atoms with Gasteiger partial charge >= 0.3 is 0 Å². The summed E-state index contributed by atoms with van der Waals surface area (Å²) in [6.45, 7) is 1.44.